The topological polar surface area (TPSA) is 77.9 Å². The molecule has 1 aromatic rings. The van der Waals surface area contributed by atoms with E-state index in [0.29, 0.717) is 38.9 Å². The first-order chi connectivity index (χ1) is 13.1. The van der Waals surface area contributed by atoms with Gasteiger partial charge < -0.3 is 10.2 Å². The lowest BCUT2D eigenvalue weighted by Crippen LogP contribution is -2.42. The lowest BCUT2D eigenvalue weighted by Gasteiger charge is -2.25. The van der Waals surface area contributed by atoms with Crippen LogP contribution in [0.2, 0.25) is 0 Å². The van der Waals surface area contributed by atoms with E-state index in [2.05, 4.69) is 15.2 Å². The van der Waals surface area contributed by atoms with Gasteiger partial charge in [-0.1, -0.05) is 0 Å². The highest BCUT2D eigenvalue weighted by atomic mass is 127. The molecule has 1 saturated heterocycles. The second-order valence-electron chi connectivity index (χ2n) is 7.07. The molecule has 0 bridgehead atoms. The van der Waals surface area contributed by atoms with Crippen molar-refractivity contribution in [1.29, 1.82) is 0 Å². The van der Waals surface area contributed by atoms with Gasteiger partial charge in [0.15, 0.2) is 5.96 Å². The van der Waals surface area contributed by atoms with Gasteiger partial charge in [0.05, 0.1) is 18.8 Å². The highest BCUT2D eigenvalue weighted by molar-refractivity contribution is 14.0. The molecule has 1 aliphatic carbocycles. The Labute approximate surface area is 188 Å². The first-order valence-corrected chi connectivity index (χ1v) is 10.7. The number of nitrogens with one attached hydrogen (secondary N) is 1. The number of carbonyl (C=O) groups excluding carboxylic acids is 2. The highest BCUT2D eigenvalue weighted by Crippen LogP contribution is 2.27. The summed E-state index contributed by atoms with van der Waals surface area (Å²) in [4.78, 5) is 38.1. The number of piperidine rings is 1. The van der Waals surface area contributed by atoms with Gasteiger partial charge in [-0.25, -0.2) is 4.98 Å². The van der Waals surface area contributed by atoms with Gasteiger partial charge in [0, 0.05) is 37.9 Å². The summed E-state index contributed by atoms with van der Waals surface area (Å²) in [7, 11) is 2.00. The molecule has 156 valence electrons. The first-order valence-electron chi connectivity index (χ1n) is 9.88. The van der Waals surface area contributed by atoms with Gasteiger partial charge in [-0.3, -0.25) is 19.5 Å². The van der Waals surface area contributed by atoms with Crippen LogP contribution in [0.25, 0.3) is 0 Å². The average molecular weight is 519 g/mol. The zero-order valence-electron chi connectivity index (χ0n) is 16.7. The lowest BCUT2D eigenvalue weighted by atomic mass is 10.0. The number of hydrogen-bond acceptors (Lipinski definition) is 5. The zero-order valence-corrected chi connectivity index (χ0v) is 19.8. The summed E-state index contributed by atoms with van der Waals surface area (Å²) < 4.78 is 0. The second kappa shape index (κ2) is 11.1. The Bertz CT molecular complexity index is 682. The molecule has 2 aliphatic rings. The molecule has 0 saturated carbocycles. The quantitative estimate of drug-likeness (QED) is 0.271. The summed E-state index contributed by atoms with van der Waals surface area (Å²) in [5, 5.41) is 4.41. The van der Waals surface area contributed by atoms with Crippen LogP contribution in [0.3, 0.4) is 0 Å². The SMILES string of the molecule is CCNC(=NCCN1C(=O)CCCC1=O)N(C)Cc1nc2c(s1)CCCC2.I. The minimum absolute atomic E-state index is 0. The van der Waals surface area contributed by atoms with E-state index in [1.54, 1.807) is 0 Å². The van der Waals surface area contributed by atoms with Crippen molar-refractivity contribution in [3.8, 4) is 0 Å². The minimum Gasteiger partial charge on any atom is -0.357 e. The molecule has 0 atom stereocenters. The van der Waals surface area contributed by atoms with Gasteiger partial charge in [-0.15, -0.1) is 35.3 Å². The number of halogens is 1. The number of thiazole rings is 1. The van der Waals surface area contributed by atoms with Gasteiger partial charge in [0.1, 0.15) is 5.01 Å². The van der Waals surface area contributed by atoms with Crippen LogP contribution in [0.4, 0.5) is 0 Å². The lowest BCUT2D eigenvalue weighted by molar-refractivity contribution is -0.147. The molecule has 1 aromatic heterocycles. The first kappa shape index (κ1) is 23.1. The monoisotopic (exact) mass is 519 g/mol. The number of aromatic nitrogens is 1. The summed E-state index contributed by atoms with van der Waals surface area (Å²) in [5.74, 6) is 0.629. The number of nitrogens with zero attached hydrogens (tertiary/aromatic N) is 4. The van der Waals surface area contributed by atoms with Gasteiger partial charge in [0.25, 0.3) is 0 Å². The number of aliphatic imine (C=N–C) groups is 1. The Morgan fingerprint density at radius 1 is 1.18 bits per heavy atom. The maximum absolute atomic E-state index is 11.9. The van der Waals surface area contributed by atoms with E-state index in [1.807, 2.05) is 25.3 Å². The van der Waals surface area contributed by atoms with Crippen molar-refractivity contribution in [3.05, 3.63) is 15.6 Å². The molecular formula is C19H30IN5O2S. The number of likely N-dealkylation sites (tertiary alicyclic amines) is 1. The maximum Gasteiger partial charge on any atom is 0.229 e. The molecule has 0 aromatic carbocycles. The third-order valence-electron chi connectivity index (χ3n) is 4.93. The number of aryl methyl sites for hydroxylation is 2. The van der Waals surface area contributed by atoms with Gasteiger partial charge in [-0.2, -0.15) is 0 Å². The van der Waals surface area contributed by atoms with Crippen LogP contribution < -0.4 is 5.32 Å². The summed E-state index contributed by atoms with van der Waals surface area (Å²) in [6, 6.07) is 0. The molecule has 1 N–H and O–H groups in total. The maximum atomic E-state index is 11.9. The fourth-order valence-corrected chi connectivity index (χ4v) is 4.74. The number of fused-ring (bicyclic) bond motifs is 1. The van der Waals surface area contributed by atoms with E-state index < -0.39 is 0 Å². The summed E-state index contributed by atoms with van der Waals surface area (Å²) in [6.45, 7) is 4.28. The normalized spacial score (nSPS) is 17.2. The Hall–Kier alpha value is -1.23. The molecule has 0 radical (unpaired) electrons. The summed E-state index contributed by atoms with van der Waals surface area (Å²) >= 11 is 1.81. The van der Waals surface area contributed by atoms with Crippen molar-refractivity contribution in [2.24, 2.45) is 4.99 Å². The summed E-state index contributed by atoms with van der Waals surface area (Å²) in [6.07, 6.45) is 6.35. The van der Waals surface area contributed by atoms with Gasteiger partial charge in [0.2, 0.25) is 11.8 Å². The fraction of sp³-hybridized carbons (Fsp3) is 0.684. The van der Waals surface area contributed by atoms with Crippen LogP contribution in [0.1, 0.15) is 54.6 Å². The molecule has 0 unspecified atom stereocenters. The van der Waals surface area contributed by atoms with Crippen LogP contribution >= 0.6 is 35.3 Å². The van der Waals surface area contributed by atoms with E-state index in [1.165, 1.54) is 28.3 Å². The van der Waals surface area contributed by atoms with Crippen LogP contribution in [0.15, 0.2) is 4.99 Å². The molecule has 0 spiro atoms. The standard InChI is InChI=1S/C19H29N5O2S.HI/c1-3-20-19(21-11-12-24-17(25)9-6-10-18(24)26)23(2)13-16-22-14-7-4-5-8-15(14)27-16;/h3-13H2,1-2H3,(H,20,21);1H. The largest absolute Gasteiger partial charge is 0.357 e. The smallest absolute Gasteiger partial charge is 0.229 e. The Balaban J connectivity index is 0.00000280. The van der Waals surface area contributed by atoms with Crippen LogP contribution in [-0.2, 0) is 29.0 Å². The molecular weight excluding hydrogens is 489 g/mol. The van der Waals surface area contributed by atoms with E-state index in [4.69, 9.17) is 4.98 Å². The molecule has 1 fully saturated rings. The van der Waals surface area contributed by atoms with E-state index >= 15 is 0 Å². The van der Waals surface area contributed by atoms with Gasteiger partial charge >= 0.3 is 0 Å². The summed E-state index contributed by atoms with van der Waals surface area (Å²) in [5.41, 5.74) is 1.28. The van der Waals surface area contributed by atoms with E-state index in [0.717, 1.165) is 30.4 Å². The van der Waals surface area contributed by atoms with Crippen molar-refractivity contribution in [2.75, 3.05) is 26.7 Å². The van der Waals surface area contributed by atoms with Crippen molar-refractivity contribution in [1.82, 2.24) is 20.1 Å². The molecule has 2 amide bonds. The van der Waals surface area contributed by atoms with Crippen LogP contribution in [0.5, 0.6) is 0 Å². The number of rotatable bonds is 6. The Morgan fingerprint density at radius 2 is 1.89 bits per heavy atom. The molecule has 3 rings (SSSR count). The Kier molecular flexibility index (Phi) is 9.13. The third-order valence-corrected chi connectivity index (χ3v) is 6.07. The third kappa shape index (κ3) is 5.88. The molecule has 7 nitrogen and oxygen atoms in total. The molecule has 9 heteroatoms. The van der Waals surface area contributed by atoms with Crippen molar-refractivity contribution >= 4 is 53.1 Å². The predicted molar refractivity (Wildman–Crippen MR) is 122 cm³/mol. The number of carbonyl (C=O) groups is 2. The number of hydrogen-bond donors (Lipinski definition) is 1. The molecule has 28 heavy (non-hydrogen) atoms. The van der Waals surface area contributed by atoms with Crippen molar-refractivity contribution in [3.63, 3.8) is 0 Å². The van der Waals surface area contributed by atoms with Crippen LogP contribution in [0, 0.1) is 0 Å². The molecule has 1 aliphatic heterocycles. The Morgan fingerprint density at radius 3 is 2.57 bits per heavy atom. The number of amides is 2. The zero-order chi connectivity index (χ0) is 19.2. The minimum atomic E-state index is -0.0758. The van der Waals surface area contributed by atoms with E-state index in [-0.39, 0.29) is 35.8 Å². The fourth-order valence-electron chi connectivity index (χ4n) is 3.53. The van der Waals surface area contributed by atoms with Gasteiger partial charge in [-0.05, 0) is 39.0 Å². The predicted octanol–water partition coefficient (Wildman–Crippen LogP) is 2.58. The van der Waals surface area contributed by atoms with Crippen molar-refractivity contribution in [2.45, 2.75) is 58.4 Å². The highest BCUT2D eigenvalue weighted by Gasteiger charge is 2.25. The van der Waals surface area contributed by atoms with Crippen LogP contribution in [-0.4, -0.2) is 59.2 Å². The number of imide groups is 1. The number of guanidine groups is 1. The average Bonchev–Trinajstić information content (AvgIpc) is 3.05. The van der Waals surface area contributed by atoms with Crippen molar-refractivity contribution < 1.29 is 9.59 Å². The second-order valence-corrected chi connectivity index (χ2v) is 8.24. The van der Waals surface area contributed by atoms with E-state index in [9.17, 15) is 9.59 Å². The molecule has 2 heterocycles.